The molecule has 0 aliphatic carbocycles. The highest BCUT2D eigenvalue weighted by Gasteiger charge is 2.35. The van der Waals surface area contributed by atoms with Crippen LogP contribution in [0.25, 0.3) is 11.3 Å². The highest BCUT2D eigenvalue weighted by molar-refractivity contribution is 5.75. The first-order valence-electron chi connectivity index (χ1n) is 8.62. The number of anilines is 1. The molecule has 2 heterocycles. The predicted octanol–water partition coefficient (Wildman–Crippen LogP) is 2.91. The van der Waals surface area contributed by atoms with Crippen LogP contribution in [0.2, 0.25) is 0 Å². The molecule has 1 fully saturated rings. The van der Waals surface area contributed by atoms with Crippen molar-refractivity contribution in [2.75, 3.05) is 25.0 Å². The number of hydrogen-bond donors (Lipinski definition) is 1. The van der Waals surface area contributed by atoms with Gasteiger partial charge >= 0.3 is 6.03 Å². The van der Waals surface area contributed by atoms with Crippen molar-refractivity contribution in [1.29, 1.82) is 0 Å². The molecule has 0 spiro atoms. The fourth-order valence-electron chi connectivity index (χ4n) is 2.83. The standard InChI is InChI=1S/C19H24FN5O/c1-19(2,3)23-18(26)24(4)14-10-25(11-14)17-15(20)16(21-12-22-17)13-8-6-5-7-9-13/h5-9,12,14H,10-11H2,1-4H3,(H,23,26). The molecule has 6 nitrogen and oxygen atoms in total. The zero-order valence-electron chi connectivity index (χ0n) is 15.5. The van der Waals surface area contributed by atoms with Crippen molar-refractivity contribution in [2.24, 2.45) is 0 Å². The minimum Gasteiger partial charge on any atom is -0.350 e. The van der Waals surface area contributed by atoms with Gasteiger partial charge < -0.3 is 15.1 Å². The molecular formula is C19H24FN5O. The van der Waals surface area contributed by atoms with Crippen LogP contribution in [0, 0.1) is 5.82 Å². The summed E-state index contributed by atoms with van der Waals surface area (Å²) >= 11 is 0. The van der Waals surface area contributed by atoms with Crippen molar-refractivity contribution in [3.8, 4) is 11.3 Å². The molecule has 0 unspecified atom stereocenters. The average Bonchev–Trinajstić information content (AvgIpc) is 2.54. The number of benzene rings is 1. The van der Waals surface area contributed by atoms with Crippen LogP contribution >= 0.6 is 0 Å². The van der Waals surface area contributed by atoms with Gasteiger partial charge in [0.15, 0.2) is 11.6 Å². The maximum absolute atomic E-state index is 14.9. The Morgan fingerprint density at radius 2 is 1.88 bits per heavy atom. The van der Waals surface area contributed by atoms with E-state index in [0.717, 1.165) is 0 Å². The van der Waals surface area contributed by atoms with Crippen LogP contribution in [0.1, 0.15) is 20.8 Å². The van der Waals surface area contributed by atoms with Gasteiger partial charge in [-0.2, -0.15) is 0 Å². The van der Waals surface area contributed by atoms with Crippen LogP contribution in [0.5, 0.6) is 0 Å². The number of amides is 2. The number of urea groups is 1. The van der Waals surface area contributed by atoms with E-state index in [-0.39, 0.29) is 29.1 Å². The normalized spacial score (nSPS) is 14.7. The third-order valence-corrected chi connectivity index (χ3v) is 4.33. The Morgan fingerprint density at radius 3 is 2.50 bits per heavy atom. The highest BCUT2D eigenvalue weighted by Crippen LogP contribution is 2.29. The second-order valence-electron chi connectivity index (χ2n) is 7.58. The summed E-state index contributed by atoms with van der Waals surface area (Å²) in [4.78, 5) is 23.9. The molecule has 1 aromatic carbocycles. The van der Waals surface area contributed by atoms with E-state index in [4.69, 9.17) is 0 Å². The highest BCUT2D eigenvalue weighted by atomic mass is 19.1. The van der Waals surface area contributed by atoms with E-state index < -0.39 is 5.82 Å². The van der Waals surface area contributed by atoms with Crippen LogP contribution in [0.4, 0.5) is 15.0 Å². The smallest absolute Gasteiger partial charge is 0.317 e. The number of aromatic nitrogens is 2. The van der Waals surface area contributed by atoms with Crippen molar-refractivity contribution in [3.63, 3.8) is 0 Å². The van der Waals surface area contributed by atoms with Crippen molar-refractivity contribution >= 4 is 11.8 Å². The van der Waals surface area contributed by atoms with Gasteiger partial charge in [-0.05, 0) is 20.8 Å². The van der Waals surface area contributed by atoms with Crippen molar-refractivity contribution in [1.82, 2.24) is 20.2 Å². The summed E-state index contributed by atoms with van der Waals surface area (Å²) < 4.78 is 14.9. The SMILES string of the molecule is CN(C(=O)NC(C)(C)C)C1CN(c2ncnc(-c3ccccc3)c2F)C1. The maximum Gasteiger partial charge on any atom is 0.317 e. The van der Waals surface area contributed by atoms with E-state index in [9.17, 15) is 9.18 Å². The fraction of sp³-hybridized carbons (Fsp3) is 0.421. The van der Waals surface area contributed by atoms with Crippen LogP contribution in [0.3, 0.4) is 0 Å². The Labute approximate surface area is 153 Å². The first-order chi connectivity index (χ1) is 12.3. The Hall–Kier alpha value is -2.70. The van der Waals surface area contributed by atoms with Gasteiger partial charge in [0, 0.05) is 31.2 Å². The van der Waals surface area contributed by atoms with Gasteiger partial charge in [-0.1, -0.05) is 30.3 Å². The number of hydrogen-bond acceptors (Lipinski definition) is 4. The zero-order valence-corrected chi connectivity index (χ0v) is 15.5. The first-order valence-corrected chi connectivity index (χ1v) is 8.62. The summed E-state index contributed by atoms with van der Waals surface area (Å²) in [6, 6.07) is 9.10. The molecular weight excluding hydrogens is 333 g/mol. The second kappa shape index (κ2) is 6.90. The summed E-state index contributed by atoms with van der Waals surface area (Å²) in [5, 5.41) is 2.93. The number of nitrogens with one attached hydrogen (secondary N) is 1. The Balaban J connectivity index is 1.69. The lowest BCUT2D eigenvalue weighted by Gasteiger charge is -2.45. The number of nitrogens with zero attached hydrogens (tertiary/aromatic N) is 4. The molecule has 0 saturated carbocycles. The first kappa shape index (κ1) is 18.1. The van der Waals surface area contributed by atoms with Gasteiger partial charge in [0.05, 0.1) is 6.04 Å². The molecule has 2 aromatic rings. The molecule has 2 amide bonds. The molecule has 138 valence electrons. The summed E-state index contributed by atoms with van der Waals surface area (Å²) in [5.41, 5.74) is 0.711. The largest absolute Gasteiger partial charge is 0.350 e. The molecule has 3 rings (SSSR count). The molecule has 7 heteroatoms. The third-order valence-electron chi connectivity index (χ3n) is 4.33. The van der Waals surface area contributed by atoms with E-state index in [1.165, 1.54) is 6.33 Å². The van der Waals surface area contributed by atoms with Gasteiger partial charge in [-0.3, -0.25) is 0 Å². The van der Waals surface area contributed by atoms with E-state index in [1.54, 1.807) is 11.9 Å². The molecule has 26 heavy (non-hydrogen) atoms. The molecule has 1 N–H and O–H groups in total. The minimum absolute atomic E-state index is 0.0203. The molecule has 0 atom stereocenters. The number of rotatable bonds is 3. The summed E-state index contributed by atoms with van der Waals surface area (Å²) in [6.07, 6.45) is 1.38. The van der Waals surface area contributed by atoms with Crippen molar-refractivity contribution in [3.05, 3.63) is 42.5 Å². The Kier molecular flexibility index (Phi) is 4.80. The monoisotopic (exact) mass is 357 g/mol. The number of halogens is 1. The topological polar surface area (TPSA) is 61.4 Å². The van der Waals surface area contributed by atoms with Gasteiger partial charge in [0.2, 0.25) is 0 Å². The average molecular weight is 357 g/mol. The van der Waals surface area contributed by atoms with E-state index in [0.29, 0.717) is 18.7 Å². The predicted molar refractivity (Wildman–Crippen MR) is 99.5 cm³/mol. The number of carbonyl (C=O) groups excluding carboxylic acids is 1. The van der Waals surface area contributed by atoms with Crippen molar-refractivity contribution in [2.45, 2.75) is 32.4 Å². The van der Waals surface area contributed by atoms with Crippen LogP contribution < -0.4 is 10.2 Å². The minimum atomic E-state index is -0.432. The molecule has 1 saturated heterocycles. The zero-order chi connectivity index (χ0) is 18.9. The van der Waals surface area contributed by atoms with E-state index in [2.05, 4.69) is 15.3 Å². The van der Waals surface area contributed by atoms with Gasteiger partial charge in [0.25, 0.3) is 0 Å². The van der Waals surface area contributed by atoms with Gasteiger partial charge in [-0.25, -0.2) is 19.2 Å². The fourth-order valence-corrected chi connectivity index (χ4v) is 2.83. The van der Waals surface area contributed by atoms with Crippen LogP contribution in [0.15, 0.2) is 36.7 Å². The van der Waals surface area contributed by atoms with Gasteiger partial charge in [-0.15, -0.1) is 0 Å². The second-order valence-corrected chi connectivity index (χ2v) is 7.58. The maximum atomic E-state index is 14.9. The van der Waals surface area contributed by atoms with Crippen LogP contribution in [-0.2, 0) is 0 Å². The van der Waals surface area contributed by atoms with E-state index >= 15 is 0 Å². The van der Waals surface area contributed by atoms with Crippen molar-refractivity contribution < 1.29 is 9.18 Å². The lowest BCUT2D eigenvalue weighted by molar-refractivity contribution is 0.170. The summed E-state index contributed by atoms with van der Waals surface area (Å²) in [5.74, 6) is -0.154. The lowest BCUT2D eigenvalue weighted by Crippen LogP contribution is -2.63. The quantitative estimate of drug-likeness (QED) is 0.918. The molecule has 1 aliphatic rings. The molecule has 1 aromatic heterocycles. The van der Waals surface area contributed by atoms with E-state index in [1.807, 2.05) is 56.0 Å². The summed E-state index contributed by atoms with van der Waals surface area (Å²) in [6.45, 7) is 6.89. The Morgan fingerprint density at radius 1 is 1.23 bits per heavy atom. The molecule has 1 aliphatic heterocycles. The lowest BCUT2D eigenvalue weighted by atomic mass is 10.1. The Bertz CT molecular complexity index is 784. The number of likely N-dealkylation sites (N-methyl/N-ethyl adjacent to an activating group) is 1. The van der Waals surface area contributed by atoms with Crippen LogP contribution in [-0.4, -0.2) is 52.6 Å². The van der Waals surface area contributed by atoms with Gasteiger partial charge in [0.1, 0.15) is 12.0 Å². The third kappa shape index (κ3) is 3.76. The number of carbonyl (C=O) groups is 1. The molecule has 0 bridgehead atoms. The molecule has 0 radical (unpaired) electrons. The summed E-state index contributed by atoms with van der Waals surface area (Å²) in [7, 11) is 1.76.